The van der Waals surface area contributed by atoms with Crippen molar-refractivity contribution in [1.29, 1.82) is 0 Å². The summed E-state index contributed by atoms with van der Waals surface area (Å²) in [7, 11) is 0. The Hall–Kier alpha value is -1.15. The molecule has 0 saturated heterocycles. The highest BCUT2D eigenvalue weighted by atomic mass is 16.5. The smallest absolute Gasteiger partial charge is 0.161 e. The highest BCUT2D eigenvalue weighted by Crippen LogP contribution is 2.12. The number of benzene rings is 1. The highest BCUT2D eigenvalue weighted by molar-refractivity contribution is 5.81. The van der Waals surface area contributed by atoms with Crippen LogP contribution in [-0.2, 0) is 22.6 Å². The van der Waals surface area contributed by atoms with Crippen molar-refractivity contribution >= 4 is 5.78 Å². The molecule has 2 heteroatoms. The molecule has 0 unspecified atom stereocenters. The summed E-state index contributed by atoms with van der Waals surface area (Å²) in [5.74, 6) is 0.863. The number of carbonyl (C=O) groups excluding carboxylic acids is 1. The molecule has 0 amide bonds. The first-order chi connectivity index (χ1) is 9.02. The van der Waals surface area contributed by atoms with Gasteiger partial charge >= 0.3 is 0 Å². The summed E-state index contributed by atoms with van der Waals surface area (Å²) in [6, 6.07) is 8.37. The predicted octanol–water partition coefficient (Wildman–Crippen LogP) is 4.02. The van der Waals surface area contributed by atoms with E-state index >= 15 is 0 Å². The van der Waals surface area contributed by atoms with Gasteiger partial charge < -0.3 is 4.74 Å². The molecule has 0 fully saturated rings. The average molecular weight is 262 g/mol. The number of hydrogen-bond acceptors (Lipinski definition) is 2. The number of hydrogen-bond donors (Lipinski definition) is 0. The van der Waals surface area contributed by atoms with Gasteiger partial charge in [-0.15, -0.1) is 0 Å². The summed E-state index contributed by atoms with van der Waals surface area (Å²) >= 11 is 0. The zero-order chi connectivity index (χ0) is 14.3. The number of rotatable bonds is 8. The third-order valence-electron chi connectivity index (χ3n) is 3.32. The van der Waals surface area contributed by atoms with E-state index in [2.05, 4.69) is 45.0 Å². The zero-order valence-corrected chi connectivity index (χ0v) is 12.6. The summed E-state index contributed by atoms with van der Waals surface area (Å²) in [5, 5.41) is 0. The molecule has 0 aliphatic rings. The third-order valence-corrected chi connectivity index (χ3v) is 3.32. The SMILES string of the molecule is CCc1ccc(COCC(=O)[C@H](C)CC(C)C)cc1. The quantitative estimate of drug-likeness (QED) is 0.707. The Balaban J connectivity index is 2.31. The van der Waals surface area contributed by atoms with Crippen molar-refractivity contribution in [1.82, 2.24) is 0 Å². The summed E-state index contributed by atoms with van der Waals surface area (Å²) in [6.45, 7) is 9.15. The molecular formula is C17H26O2. The van der Waals surface area contributed by atoms with Gasteiger partial charge in [0.2, 0.25) is 0 Å². The lowest BCUT2D eigenvalue weighted by atomic mass is 9.95. The van der Waals surface area contributed by atoms with E-state index in [4.69, 9.17) is 4.74 Å². The number of Topliss-reactive ketones (excluding diaryl/α,β-unsaturated/α-hetero) is 1. The van der Waals surface area contributed by atoms with Crippen molar-refractivity contribution in [2.45, 2.75) is 47.1 Å². The van der Waals surface area contributed by atoms with Crippen LogP contribution >= 0.6 is 0 Å². The summed E-state index contributed by atoms with van der Waals surface area (Å²) < 4.78 is 5.51. The highest BCUT2D eigenvalue weighted by Gasteiger charge is 2.14. The molecule has 0 N–H and O–H groups in total. The van der Waals surface area contributed by atoms with E-state index in [0.717, 1.165) is 18.4 Å². The molecule has 1 aromatic carbocycles. The third kappa shape index (κ3) is 6.02. The van der Waals surface area contributed by atoms with E-state index in [9.17, 15) is 4.79 Å². The molecule has 2 nitrogen and oxygen atoms in total. The molecule has 0 aliphatic heterocycles. The van der Waals surface area contributed by atoms with Gasteiger partial charge in [0.25, 0.3) is 0 Å². The molecule has 1 rings (SSSR count). The molecule has 19 heavy (non-hydrogen) atoms. The van der Waals surface area contributed by atoms with Crippen LogP contribution in [-0.4, -0.2) is 12.4 Å². The maximum atomic E-state index is 11.8. The molecule has 1 atom stereocenters. The first kappa shape index (κ1) is 15.9. The molecule has 0 aromatic heterocycles. The Labute approximate surface area is 117 Å². The minimum atomic E-state index is 0.0995. The molecule has 0 radical (unpaired) electrons. The van der Waals surface area contributed by atoms with Crippen molar-refractivity contribution in [2.75, 3.05) is 6.61 Å². The normalized spacial score (nSPS) is 12.7. The van der Waals surface area contributed by atoms with E-state index < -0.39 is 0 Å². The van der Waals surface area contributed by atoms with Crippen LogP contribution in [0.5, 0.6) is 0 Å². The Bertz CT molecular complexity index is 379. The Morgan fingerprint density at radius 3 is 2.21 bits per heavy atom. The van der Waals surface area contributed by atoms with Crippen LogP contribution < -0.4 is 0 Å². The minimum absolute atomic E-state index is 0.0995. The van der Waals surface area contributed by atoms with Crippen LogP contribution in [0.2, 0.25) is 0 Å². The van der Waals surface area contributed by atoms with Crippen LogP contribution in [0, 0.1) is 11.8 Å². The molecule has 0 bridgehead atoms. The fourth-order valence-electron chi connectivity index (χ4n) is 2.12. The van der Waals surface area contributed by atoms with Crippen LogP contribution in [0.15, 0.2) is 24.3 Å². The van der Waals surface area contributed by atoms with Crippen molar-refractivity contribution < 1.29 is 9.53 Å². The van der Waals surface area contributed by atoms with Gasteiger partial charge in [-0.1, -0.05) is 52.0 Å². The standard InChI is InChI=1S/C17H26O2/c1-5-15-6-8-16(9-7-15)11-19-12-17(18)14(4)10-13(2)3/h6-9,13-14H,5,10-12H2,1-4H3/t14-/m1/s1. The first-order valence-corrected chi connectivity index (χ1v) is 7.21. The first-order valence-electron chi connectivity index (χ1n) is 7.21. The second-order valence-corrected chi connectivity index (χ2v) is 5.66. The van der Waals surface area contributed by atoms with E-state index in [1.807, 2.05) is 6.92 Å². The zero-order valence-electron chi connectivity index (χ0n) is 12.6. The maximum absolute atomic E-state index is 11.8. The number of aryl methyl sites for hydroxylation is 1. The van der Waals surface area contributed by atoms with Gasteiger partial charge in [-0.05, 0) is 29.9 Å². The van der Waals surface area contributed by atoms with Crippen molar-refractivity contribution in [3.8, 4) is 0 Å². The van der Waals surface area contributed by atoms with Crippen LogP contribution in [0.1, 0.15) is 45.2 Å². The second kappa shape index (κ2) is 8.11. The van der Waals surface area contributed by atoms with E-state index in [-0.39, 0.29) is 18.3 Å². The summed E-state index contributed by atoms with van der Waals surface area (Å²) in [4.78, 5) is 11.8. The maximum Gasteiger partial charge on any atom is 0.161 e. The fraction of sp³-hybridized carbons (Fsp3) is 0.588. The second-order valence-electron chi connectivity index (χ2n) is 5.66. The molecule has 106 valence electrons. The van der Waals surface area contributed by atoms with Crippen LogP contribution in [0.3, 0.4) is 0 Å². The predicted molar refractivity (Wildman–Crippen MR) is 79.1 cm³/mol. The molecule has 0 heterocycles. The lowest BCUT2D eigenvalue weighted by Gasteiger charge is -2.13. The number of carbonyl (C=O) groups is 1. The molecule has 1 aromatic rings. The van der Waals surface area contributed by atoms with E-state index in [0.29, 0.717) is 12.5 Å². The topological polar surface area (TPSA) is 26.3 Å². The lowest BCUT2D eigenvalue weighted by Crippen LogP contribution is -2.18. The van der Waals surface area contributed by atoms with E-state index in [1.165, 1.54) is 5.56 Å². The van der Waals surface area contributed by atoms with Crippen LogP contribution in [0.4, 0.5) is 0 Å². The van der Waals surface area contributed by atoms with Crippen molar-refractivity contribution in [2.24, 2.45) is 11.8 Å². The summed E-state index contributed by atoms with van der Waals surface area (Å²) in [6.07, 6.45) is 1.99. The number of ketones is 1. The van der Waals surface area contributed by atoms with Crippen LogP contribution in [0.25, 0.3) is 0 Å². The molecule has 0 spiro atoms. The molecular weight excluding hydrogens is 236 g/mol. The van der Waals surface area contributed by atoms with Gasteiger partial charge in [-0.3, -0.25) is 4.79 Å². The minimum Gasteiger partial charge on any atom is -0.369 e. The van der Waals surface area contributed by atoms with Gasteiger partial charge in [0.05, 0.1) is 6.61 Å². The number of ether oxygens (including phenoxy) is 1. The monoisotopic (exact) mass is 262 g/mol. The van der Waals surface area contributed by atoms with Gasteiger partial charge in [0.1, 0.15) is 6.61 Å². The Morgan fingerprint density at radius 1 is 1.11 bits per heavy atom. The summed E-state index contributed by atoms with van der Waals surface area (Å²) in [5.41, 5.74) is 2.45. The average Bonchev–Trinajstić information content (AvgIpc) is 2.38. The molecule has 0 aliphatic carbocycles. The Kier molecular flexibility index (Phi) is 6.79. The fourth-order valence-corrected chi connectivity index (χ4v) is 2.12. The van der Waals surface area contributed by atoms with Crippen molar-refractivity contribution in [3.63, 3.8) is 0 Å². The Morgan fingerprint density at radius 2 is 1.68 bits per heavy atom. The van der Waals surface area contributed by atoms with Gasteiger partial charge in [-0.2, -0.15) is 0 Å². The van der Waals surface area contributed by atoms with Gasteiger partial charge in [0.15, 0.2) is 5.78 Å². The largest absolute Gasteiger partial charge is 0.369 e. The molecule has 0 saturated carbocycles. The van der Waals surface area contributed by atoms with Crippen molar-refractivity contribution in [3.05, 3.63) is 35.4 Å². The van der Waals surface area contributed by atoms with Gasteiger partial charge in [0, 0.05) is 5.92 Å². The lowest BCUT2D eigenvalue weighted by molar-refractivity contribution is -0.127. The van der Waals surface area contributed by atoms with Gasteiger partial charge in [-0.25, -0.2) is 0 Å². The van der Waals surface area contributed by atoms with E-state index in [1.54, 1.807) is 0 Å².